The van der Waals surface area contributed by atoms with Gasteiger partial charge in [0.1, 0.15) is 0 Å². The lowest BCUT2D eigenvalue weighted by Gasteiger charge is -2.36. The third-order valence-corrected chi connectivity index (χ3v) is 3.30. The number of methoxy groups -OCH3 is 2. The van der Waals surface area contributed by atoms with E-state index in [9.17, 15) is 4.79 Å². The Morgan fingerprint density at radius 3 is 2.28 bits per heavy atom. The van der Waals surface area contributed by atoms with E-state index < -0.39 is 0 Å². The summed E-state index contributed by atoms with van der Waals surface area (Å²) in [4.78, 5) is 12.0. The van der Waals surface area contributed by atoms with Crippen molar-refractivity contribution in [2.24, 2.45) is 11.3 Å². The maximum Gasteiger partial charge on any atom is 0.311 e. The van der Waals surface area contributed by atoms with Crippen molar-refractivity contribution in [3.8, 4) is 0 Å². The quantitative estimate of drug-likeness (QED) is 0.467. The number of carbonyl (C=O) groups excluding carboxylic acids is 1. The van der Waals surface area contributed by atoms with Crippen LogP contribution in [0.25, 0.3) is 0 Å². The third-order valence-electron chi connectivity index (χ3n) is 3.30. The number of allylic oxidation sites excluding steroid dienone is 2. The molecule has 0 aliphatic carbocycles. The fourth-order valence-corrected chi connectivity index (χ4v) is 2.30. The van der Waals surface area contributed by atoms with E-state index in [1.165, 1.54) is 7.11 Å². The van der Waals surface area contributed by atoms with E-state index in [2.05, 4.69) is 13.2 Å². The van der Waals surface area contributed by atoms with Crippen molar-refractivity contribution in [2.75, 3.05) is 14.2 Å². The van der Waals surface area contributed by atoms with E-state index in [0.717, 1.165) is 19.3 Å². The Hall–Kier alpha value is -1.09. The summed E-state index contributed by atoms with van der Waals surface area (Å²) in [6.07, 6.45) is 5.82. The van der Waals surface area contributed by atoms with Crippen LogP contribution in [0, 0.1) is 11.3 Å². The zero-order valence-corrected chi connectivity index (χ0v) is 12.1. The minimum atomic E-state index is -0.301. The first-order valence-corrected chi connectivity index (χ1v) is 6.27. The first-order valence-electron chi connectivity index (χ1n) is 6.27. The van der Waals surface area contributed by atoms with Crippen LogP contribution in [0.1, 0.15) is 33.1 Å². The van der Waals surface area contributed by atoms with Crippen molar-refractivity contribution in [1.29, 1.82) is 0 Å². The zero-order chi connectivity index (χ0) is 14.2. The Morgan fingerprint density at radius 2 is 1.89 bits per heavy atom. The van der Waals surface area contributed by atoms with Crippen molar-refractivity contribution in [3.63, 3.8) is 0 Å². The van der Waals surface area contributed by atoms with Crippen molar-refractivity contribution >= 4 is 5.97 Å². The lowest BCUT2D eigenvalue weighted by atomic mass is 9.72. The van der Waals surface area contributed by atoms with Gasteiger partial charge in [0.2, 0.25) is 0 Å². The zero-order valence-electron chi connectivity index (χ0n) is 12.1. The smallest absolute Gasteiger partial charge is 0.311 e. The molecule has 0 aliphatic heterocycles. The number of carbonyl (C=O) groups is 1. The molecule has 0 aromatic heterocycles. The van der Waals surface area contributed by atoms with Crippen LogP contribution in [-0.4, -0.2) is 26.3 Å². The second kappa shape index (κ2) is 8.09. The lowest BCUT2D eigenvalue weighted by Crippen LogP contribution is -2.41. The minimum Gasteiger partial charge on any atom is -0.469 e. The van der Waals surface area contributed by atoms with Crippen LogP contribution < -0.4 is 0 Å². The number of hydrogen-bond acceptors (Lipinski definition) is 3. The Balaban J connectivity index is 5.11. The number of rotatable bonds is 9. The highest BCUT2D eigenvalue weighted by molar-refractivity contribution is 5.74. The van der Waals surface area contributed by atoms with Crippen LogP contribution in [0.4, 0.5) is 0 Å². The van der Waals surface area contributed by atoms with Gasteiger partial charge in [-0.3, -0.25) is 4.79 Å². The van der Waals surface area contributed by atoms with Gasteiger partial charge < -0.3 is 9.47 Å². The van der Waals surface area contributed by atoms with Crippen LogP contribution in [0.15, 0.2) is 25.3 Å². The van der Waals surface area contributed by atoms with Crippen LogP contribution in [-0.2, 0) is 14.3 Å². The topological polar surface area (TPSA) is 35.5 Å². The SMILES string of the molecule is C=CCCC(OC)C(C(=O)OC)C(C)(C)CC=C. The van der Waals surface area contributed by atoms with E-state index in [0.29, 0.717) is 0 Å². The Morgan fingerprint density at radius 1 is 1.28 bits per heavy atom. The summed E-state index contributed by atoms with van der Waals surface area (Å²) in [7, 11) is 3.05. The molecule has 3 heteroatoms. The molecule has 0 spiro atoms. The fourth-order valence-electron chi connectivity index (χ4n) is 2.30. The highest BCUT2D eigenvalue weighted by Crippen LogP contribution is 2.36. The summed E-state index contributed by atoms with van der Waals surface area (Å²) in [6.45, 7) is 11.5. The third kappa shape index (κ3) is 4.65. The van der Waals surface area contributed by atoms with Gasteiger partial charge in [-0.05, 0) is 24.7 Å². The highest BCUT2D eigenvalue weighted by atomic mass is 16.5. The first-order chi connectivity index (χ1) is 8.44. The van der Waals surface area contributed by atoms with E-state index in [-0.39, 0.29) is 23.4 Å². The molecule has 0 aromatic carbocycles. The Kier molecular flexibility index (Phi) is 7.60. The van der Waals surface area contributed by atoms with E-state index >= 15 is 0 Å². The highest BCUT2D eigenvalue weighted by Gasteiger charge is 2.41. The van der Waals surface area contributed by atoms with Crippen molar-refractivity contribution < 1.29 is 14.3 Å². The van der Waals surface area contributed by atoms with Gasteiger partial charge in [0.15, 0.2) is 0 Å². The van der Waals surface area contributed by atoms with Crippen LogP contribution in [0.5, 0.6) is 0 Å². The van der Waals surface area contributed by atoms with Gasteiger partial charge in [-0.15, -0.1) is 13.2 Å². The van der Waals surface area contributed by atoms with Crippen LogP contribution in [0.2, 0.25) is 0 Å². The lowest BCUT2D eigenvalue weighted by molar-refractivity contribution is -0.157. The average Bonchev–Trinajstić information content (AvgIpc) is 2.33. The normalized spacial score (nSPS) is 14.7. The molecule has 104 valence electrons. The maximum absolute atomic E-state index is 12.0. The summed E-state index contributed by atoms with van der Waals surface area (Å²) in [5.41, 5.74) is -0.239. The number of hydrogen-bond donors (Lipinski definition) is 0. The molecule has 0 radical (unpaired) electrons. The van der Waals surface area contributed by atoms with Crippen LogP contribution in [0.3, 0.4) is 0 Å². The maximum atomic E-state index is 12.0. The summed E-state index contributed by atoms with van der Waals surface area (Å²) in [6, 6.07) is 0. The van der Waals surface area contributed by atoms with Crippen LogP contribution >= 0.6 is 0 Å². The number of esters is 1. The monoisotopic (exact) mass is 254 g/mol. The first kappa shape index (κ1) is 16.9. The summed E-state index contributed by atoms with van der Waals surface area (Å²) >= 11 is 0. The van der Waals surface area contributed by atoms with Gasteiger partial charge >= 0.3 is 5.97 Å². The molecule has 0 N–H and O–H groups in total. The second-order valence-electron chi connectivity index (χ2n) is 5.12. The standard InChI is InChI=1S/C15H26O3/c1-7-9-10-12(17-5)13(14(16)18-6)15(3,4)11-8-2/h7-8,12-13H,1-2,9-11H2,3-6H3. The molecule has 0 saturated heterocycles. The molecule has 0 fully saturated rings. The van der Waals surface area contributed by atoms with Gasteiger partial charge in [0, 0.05) is 7.11 Å². The minimum absolute atomic E-state index is 0.162. The molecule has 0 aromatic rings. The Labute approximate surface area is 111 Å². The fraction of sp³-hybridized carbons (Fsp3) is 0.667. The van der Waals surface area contributed by atoms with Gasteiger partial charge in [-0.1, -0.05) is 26.0 Å². The summed E-state index contributed by atoms with van der Waals surface area (Å²) < 4.78 is 10.4. The molecule has 0 amide bonds. The molecule has 18 heavy (non-hydrogen) atoms. The van der Waals surface area contributed by atoms with E-state index in [1.54, 1.807) is 7.11 Å². The molecule has 0 rings (SSSR count). The summed E-state index contributed by atoms with van der Waals surface area (Å²) in [5, 5.41) is 0. The second-order valence-corrected chi connectivity index (χ2v) is 5.12. The van der Waals surface area contributed by atoms with Crippen molar-refractivity contribution in [1.82, 2.24) is 0 Å². The molecule has 0 bridgehead atoms. The molecular weight excluding hydrogens is 228 g/mol. The number of ether oxygens (including phenoxy) is 2. The Bertz CT molecular complexity index is 281. The van der Waals surface area contributed by atoms with Gasteiger partial charge in [0.05, 0.1) is 19.1 Å². The molecule has 0 heterocycles. The predicted molar refractivity (Wildman–Crippen MR) is 74.3 cm³/mol. The van der Waals surface area contributed by atoms with Gasteiger partial charge in [-0.2, -0.15) is 0 Å². The molecule has 2 unspecified atom stereocenters. The molecule has 0 aliphatic rings. The molecule has 0 saturated carbocycles. The predicted octanol–water partition coefficient (Wildman–Crippen LogP) is 3.36. The molecule has 3 nitrogen and oxygen atoms in total. The largest absolute Gasteiger partial charge is 0.469 e. The van der Waals surface area contributed by atoms with Crippen molar-refractivity contribution in [3.05, 3.63) is 25.3 Å². The average molecular weight is 254 g/mol. The van der Waals surface area contributed by atoms with E-state index in [4.69, 9.17) is 9.47 Å². The van der Waals surface area contributed by atoms with Gasteiger partial charge in [0.25, 0.3) is 0 Å². The van der Waals surface area contributed by atoms with E-state index in [1.807, 2.05) is 26.0 Å². The molecular formula is C15H26O3. The van der Waals surface area contributed by atoms with Crippen molar-refractivity contribution in [2.45, 2.75) is 39.2 Å². The van der Waals surface area contributed by atoms with Gasteiger partial charge in [-0.25, -0.2) is 0 Å². The summed E-state index contributed by atoms with van der Waals surface area (Å²) in [5.74, 6) is -0.525. The molecule has 2 atom stereocenters.